The first-order chi connectivity index (χ1) is 11.9. The number of aryl methyl sites for hydroxylation is 2. The van der Waals surface area contributed by atoms with Crippen molar-refractivity contribution in [3.63, 3.8) is 0 Å². The standard InChI is InChI=1S/C21H28N2O2/c1-6-25-19-10-8-18(9-11-19)14-23(5)17(4)21(24)22-20-12-7-15(2)13-16(20)3/h7-13,17H,6,14H2,1-5H3,(H,22,24)/t17-/m1/s1. The quantitative estimate of drug-likeness (QED) is 0.823. The van der Waals surface area contributed by atoms with Crippen LogP contribution in [-0.2, 0) is 11.3 Å². The number of hydrogen-bond acceptors (Lipinski definition) is 3. The van der Waals surface area contributed by atoms with Crippen LogP contribution in [0.15, 0.2) is 42.5 Å². The van der Waals surface area contributed by atoms with Gasteiger partial charge in [-0.25, -0.2) is 0 Å². The third-order valence-corrected chi connectivity index (χ3v) is 4.35. The summed E-state index contributed by atoms with van der Waals surface area (Å²) in [6, 6.07) is 13.8. The summed E-state index contributed by atoms with van der Waals surface area (Å²) in [6.45, 7) is 9.32. The molecule has 25 heavy (non-hydrogen) atoms. The summed E-state index contributed by atoms with van der Waals surface area (Å²) in [5.41, 5.74) is 4.29. The average molecular weight is 340 g/mol. The van der Waals surface area contributed by atoms with Crippen molar-refractivity contribution >= 4 is 11.6 Å². The first kappa shape index (κ1) is 19.0. The van der Waals surface area contributed by atoms with Gasteiger partial charge in [0.05, 0.1) is 12.6 Å². The van der Waals surface area contributed by atoms with E-state index in [0.717, 1.165) is 22.6 Å². The molecule has 0 fully saturated rings. The van der Waals surface area contributed by atoms with E-state index in [4.69, 9.17) is 4.74 Å². The molecule has 1 N–H and O–H groups in total. The molecular formula is C21H28N2O2. The summed E-state index contributed by atoms with van der Waals surface area (Å²) in [7, 11) is 1.96. The Morgan fingerprint density at radius 2 is 1.84 bits per heavy atom. The number of hydrogen-bond donors (Lipinski definition) is 1. The van der Waals surface area contributed by atoms with Gasteiger partial charge in [0.1, 0.15) is 5.75 Å². The lowest BCUT2D eigenvalue weighted by Gasteiger charge is -2.24. The Kier molecular flexibility index (Phi) is 6.59. The van der Waals surface area contributed by atoms with Gasteiger partial charge in [0.2, 0.25) is 5.91 Å². The molecule has 0 aliphatic carbocycles. The number of ether oxygens (including phenoxy) is 1. The van der Waals surface area contributed by atoms with E-state index in [1.54, 1.807) is 0 Å². The number of nitrogens with zero attached hydrogens (tertiary/aromatic N) is 1. The Morgan fingerprint density at radius 1 is 1.16 bits per heavy atom. The predicted octanol–water partition coefficient (Wildman–Crippen LogP) is 4.16. The molecule has 2 rings (SSSR count). The molecule has 134 valence electrons. The maximum Gasteiger partial charge on any atom is 0.241 e. The fourth-order valence-electron chi connectivity index (χ4n) is 2.67. The van der Waals surface area contributed by atoms with Gasteiger partial charge in [0.15, 0.2) is 0 Å². The predicted molar refractivity (Wildman–Crippen MR) is 103 cm³/mol. The van der Waals surface area contributed by atoms with Crippen molar-refractivity contribution in [1.82, 2.24) is 4.90 Å². The minimum atomic E-state index is -0.229. The Bertz CT molecular complexity index is 710. The van der Waals surface area contributed by atoms with Crippen LogP contribution in [0.25, 0.3) is 0 Å². The van der Waals surface area contributed by atoms with Gasteiger partial charge in [-0.3, -0.25) is 9.69 Å². The van der Waals surface area contributed by atoms with Crippen LogP contribution in [0.1, 0.15) is 30.5 Å². The SMILES string of the molecule is CCOc1ccc(CN(C)[C@H](C)C(=O)Nc2ccc(C)cc2C)cc1. The second kappa shape index (κ2) is 8.67. The number of carbonyl (C=O) groups is 1. The molecule has 0 radical (unpaired) electrons. The Hall–Kier alpha value is -2.33. The van der Waals surface area contributed by atoms with Gasteiger partial charge >= 0.3 is 0 Å². The van der Waals surface area contributed by atoms with Crippen LogP contribution < -0.4 is 10.1 Å². The fraction of sp³-hybridized carbons (Fsp3) is 0.381. The molecule has 2 aromatic carbocycles. The molecular weight excluding hydrogens is 312 g/mol. The number of likely N-dealkylation sites (N-methyl/N-ethyl adjacent to an activating group) is 1. The Labute approximate surface area is 150 Å². The lowest BCUT2D eigenvalue weighted by molar-refractivity contribution is -0.120. The van der Waals surface area contributed by atoms with Gasteiger partial charge in [-0.2, -0.15) is 0 Å². The zero-order chi connectivity index (χ0) is 18.4. The highest BCUT2D eigenvalue weighted by Crippen LogP contribution is 2.18. The van der Waals surface area contributed by atoms with Crippen LogP contribution >= 0.6 is 0 Å². The molecule has 0 bridgehead atoms. The smallest absolute Gasteiger partial charge is 0.241 e. The first-order valence-electron chi connectivity index (χ1n) is 8.70. The van der Waals surface area contributed by atoms with Gasteiger partial charge < -0.3 is 10.1 Å². The van der Waals surface area contributed by atoms with Crippen LogP contribution in [0.4, 0.5) is 5.69 Å². The molecule has 4 nitrogen and oxygen atoms in total. The lowest BCUT2D eigenvalue weighted by atomic mass is 10.1. The average Bonchev–Trinajstić information content (AvgIpc) is 2.58. The minimum absolute atomic E-state index is 0.000361. The Balaban J connectivity index is 1.96. The van der Waals surface area contributed by atoms with Gasteiger partial charge in [0, 0.05) is 12.2 Å². The monoisotopic (exact) mass is 340 g/mol. The molecule has 0 heterocycles. The fourth-order valence-corrected chi connectivity index (χ4v) is 2.67. The number of nitrogens with one attached hydrogen (secondary N) is 1. The molecule has 0 saturated heterocycles. The highest BCUT2D eigenvalue weighted by Gasteiger charge is 2.18. The van der Waals surface area contributed by atoms with Crippen LogP contribution in [-0.4, -0.2) is 30.5 Å². The van der Waals surface area contributed by atoms with Crippen LogP contribution in [0.5, 0.6) is 5.75 Å². The van der Waals surface area contributed by atoms with E-state index in [1.807, 2.05) is 76.0 Å². The van der Waals surface area contributed by atoms with Gasteiger partial charge in [-0.05, 0) is 64.1 Å². The van der Waals surface area contributed by atoms with E-state index in [9.17, 15) is 4.79 Å². The summed E-state index contributed by atoms with van der Waals surface area (Å²) < 4.78 is 5.46. The molecule has 2 aromatic rings. The molecule has 0 unspecified atom stereocenters. The normalized spacial score (nSPS) is 12.1. The number of amides is 1. The highest BCUT2D eigenvalue weighted by atomic mass is 16.5. The summed E-state index contributed by atoms with van der Waals surface area (Å²) >= 11 is 0. The third kappa shape index (κ3) is 5.33. The topological polar surface area (TPSA) is 41.6 Å². The van der Waals surface area contributed by atoms with Crippen molar-refractivity contribution in [2.45, 2.75) is 40.3 Å². The van der Waals surface area contributed by atoms with Crippen LogP contribution in [0, 0.1) is 13.8 Å². The van der Waals surface area contributed by atoms with Crippen molar-refractivity contribution in [3.05, 3.63) is 59.2 Å². The van der Waals surface area contributed by atoms with E-state index in [-0.39, 0.29) is 11.9 Å². The highest BCUT2D eigenvalue weighted by molar-refractivity contribution is 5.95. The van der Waals surface area contributed by atoms with Crippen molar-refractivity contribution in [2.75, 3.05) is 19.0 Å². The number of benzene rings is 2. The number of carbonyl (C=O) groups excluding carboxylic acids is 1. The van der Waals surface area contributed by atoms with Crippen LogP contribution in [0.2, 0.25) is 0 Å². The van der Waals surface area contributed by atoms with E-state index in [1.165, 1.54) is 5.56 Å². The number of rotatable bonds is 7. The van der Waals surface area contributed by atoms with Crippen LogP contribution in [0.3, 0.4) is 0 Å². The molecule has 0 spiro atoms. The second-order valence-corrected chi connectivity index (χ2v) is 6.48. The van der Waals surface area contributed by atoms with Crippen molar-refractivity contribution < 1.29 is 9.53 Å². The van der Waals surface area contributed by atoms with E-state index in [0.29, 0.717) is 13.2 Å². The molecule has 0 saturated carbocycles. The van der Waals surface area contributed by atoms with Crippen molar-refractivity contribution in [1.29, 1.82) is 0 Å². The second-order valence-electron chi connectivity index (χ2n) is 6.48. The van der Waals surface area contributed by atoms with Crippen molar-refractivity contribution in [3.8, 4) is 5.75 Å². The molecule has 0 aliphatic rings. The van der Waals surface area contributed by atoms with E-state index >= 15 is 0 Å². The maximum absolute atomic E-state index is 12.5. The molecule has 1 amide bonds. The summed E-state index contributed by atoms with van der Waals surface area (Å²) in [5, 5.41) is 3.03. The zero-order valence-corrected chi connectivity index (χ0v) is 15.8. The summed E-state index contributed by atoms with van der Waals surface area (Å²) in [4.78, 5) is 14.6. The largest absolute Gasteiger partial charge is 0.494 e. The summed E-state index contributed by atoms with van der Waals surface area (Å²) in [5.74, 6) is 0.870. The third-order valence-electron chi connectivity index (χ3n) is 4.35. The minimum Gasteiger partial charge on any atom is -0.494 e. The summed E-state index contributed by atoms with van der Waals surface area (Å²) in [6.07, 6.45) is 0. The zero-order valence-electron chi connectivity index (χ0n) is 15.8. The molecule has 0 aliphatic heterocycles. The lowest BCUT2D eigenvalue weighted by Crippen LogP contribution is -2.39. The molecule has 0 aromatic heterocycles. The maximum atomic E-state index is 12.5. The van der Waals surface area contributed by atoms with Crippen molar-refractivity contribution in [2.24, 2.45) is 0 Å². The van der Waals surface area contributed by atoms with Gasteiger partial charge in [-0.1, -0.05) is 29.8 Å². The van der Waals surface area contributed by atoms with Gasteiger partial charge in [-0.15, -0.1) is 0 Å². The van der Waals surface area contributed by atoms with Gasteiger partial charge in [0.25, 0.3) is 0 Å². The molecule has 4 heteroatoms. The number of anilines is 1. The molecule has 1 atom stereocenters. The first-order valence-corrected chi connectivity index (χ1v) is 8.70. The van der Waals surface area contributed by atoms with E-state index < -0.39 is 0 Å². The van der Waals surface area contributed by atoms with E-state index in [2.05, 4.69) is 11.4 Å². The Morgan fingerprint density at radius 3 is 2.44 bits per heavy atom.